The van der Waals surface area contributed by atoms with E-state index in [1.54, 1.807) is 19.1 Å². The predicted molar refractivity (Wildman–Crippen MR) is 56.0 cm³/mol. The van der Waals surface area contributed by atoms with Crippen molar-refractivity contribution in [3.63, 3.8) is 0 Å². The monoisotopic (exact) mass is 213 g/mol. The Kier molecular flexibility index (Phi) is 2.50. The van der Waals surface area contributed by atoms with Gasteiger partial charge < -0.3 is 5.73 Å². The van der Waals surface area contributed by atoms with Crippen LogP contribution in [0.3, 0.4) is 0 Å². The van der Waals surface area contributed by atoms with Crippen LogP contribution in [0, 0.1) is 18.7 Å². The molecule has 0 saturated heterocycles. The highest BCUT2D eigenvalue weighted by Gasteiger charge is 2.40. The molecule has 1 saturated carbocycles. The van der Waals surface area contributed by atoms with Crippen LogP contribution in [-0.4, -0.2) is 6.54 Å². The minimum absolute atomic E-state index is 0.154. The summed E-state index contributed by atoms with van der Waals surface area (Å²) < 4.78 is 13.7. The first kappa shape index (κ1) is 9.94. The molecule has 0 spiro atoms. The fraction of sp³-hybridized carbons (Fsp3) is 0.455. The van der Waals surface area contributed by atoms with E-state index in [2.05, 4.69) is 0 Å². The summed E-state index contributed by atoms with van der Waals surface area (Å²) in [5.41, 5.74) is 6.86. The molecule has 2 N–H and O–H groups in total. The van der Waals surface area contributed by atoms with Crippen molar-refractivity contribution in [2.24, 2.45) is 11.7 Å². The average molecular weight is 214 g/mol. The smallest absolute Gasteiger partial charge is 0.131 e. The molecule has 0 aliphatic heterocycles. The van der Waals surface area contributed by atoms with Gasteiger partial charge in [0.2, 0.25) is 0 Å². The van der Waals surface area contributed by atoms with Crippen molar-refractivity contribution < 1.29 is 4.39 Å². The number of benzene rings is 1. The zero-order valence-corrected chi connectivity index (χ0v) is 8.81. The molecular weight excluding hydrogens is 201 g/mol. The molecule has 2 atom stereocenters. The van der Waals surface area contributed by atoms with Gasteiger partial charge in [0.1, 0.15) is 5.82 Å². The maximum absolute atomic E-state index is 13.7. The molecular formula is C11H13ClFN. The van der Waals surface area contributed by atoms with E-state index in [9.17, 15) is 4.39 Å². The number of hydrogen-bond donors (Lipinski definition) is 1. The Bertz CT molecular complexity index is 365. The van der Waals surface area contributed by atoms with Gasteiger partial charge in [0.25, 0.3) is 0 Å². The summed E-state index contributed by atoms with van der Waals surface area (Å²) in [6.45, 7) is 2.38. The summed E-state index contributed by atoms with van der Waals surface area (Å²) >= 11 is 5.98. The van der Waals surface area contributed by atoms with Gasteiger partial charge in [-0.25, -0.2) is 4.39 Å². The number of aryl methyl sites for hydroxylation is 1. The minimum Gasteiger partial charge on any atom is -0.330 e. The molecule has 2 rings (SSSR count). The summed E-state index contributed by atoms with van der Waals surface area (Å²) in [5, 5.41) is 0.536. The molecule has 0 amide bonds. The van der Waals surface area contributed by atoms with Gasteiger partial charge in [0.15, 0.2) is 0 Å². The molecule has 0 bridgehead atoms. The van der Waals surface area contributed by atoms with Crippen molar-refractivity contribution in [3.8, 4) is 0 Å². The molecule has 1 fully saturated rings. The van der Waals surface area contributed by atoms with Gasteiger partial charge in [-0.1, -0.05) is 17.7 Å². The summed E-state index contributed by atoms with van der Waals surface area (Å²) in [6, 6.07) is 3.47. The highest BCUT2D eigenvalue weighted by molar-refractivity contribution is 6.31. The molecule has 14 heavy (non-hydrogen) atoms. The fourth-order valence-electron chi connectivity index (χ4n) is 1.88. The lowest BCUT2D eigenvalue weighted by molar-refractivity contribution is 0.597. The van der Waals surface area contributed by atoms with Gasteiger partial charge >= 0.3 is 0 Å². The van der Waals surface area contributed by atoms with E-state index < -0.39 is 0 Å². The number of halogens is 2. The second-order valence-corrected chi connectivity index (χ2v) is 4.34. The van der Waals surface area contributed by atoms with Crippen molar-refractivity contribution in [2.75, 3.05) is 6.54 Å². The molecule has 0 aromatic heterocycles. The average Bonchev–Trinajstić information content (AvgIpc) is 2.92. The summed E-state index contributed by atoms with van der Waals surface area (Å²) in [4.78, 5) is 0. The van der Waals surface area contributed by atoms with Crippen LogP contribution < -0.4 is 5.73 Å². The first-order chi connectivity index (χ1) is 6.65. The Hall–Kier alpha value is -0.600. The van der Waals surface area contributed by atoms with Crippen LogP contribution in [0.1, 0.15) is 23.5 Å². The number of rotatable bonds is 2. The van der Waals surface area contributed by atoms with E-state index in [4.69, 9.17) is 17.3 Å². The van der Waals surface area contributed by atoms with Gasteiger partial charge in [0.05, 0.1) is 0 Å². The Morgan fingerprint density at radius 2 is 2.29 bits per heavy atom. The lowest BCUT2D eigenvalue weighted by Crippen LogP contribution is -2.03. The number of nitrogens with two attached hydrogens (primary N) is 1. The molecule has 3 heteroatoms. The maximum Gasteiger partial charge on any atom is 0.131 e. The summed E-state index contributed by atoms with van der Waals surface area (Å²) in [7, 11) is 0. The molecule has 0 radical (unpaired) electrons. The van der Waals surface area contributed by atoms with E-state index in [1.807, 2.05) is 0 Å². The van der Waals surface area contributed by atoms with Gasteiger partial charge in [-0.3, -0.25) is 0 Å². The van der Waals surface area contributed by atoms with Crippen LogP contribution in [0.4, 0.5) is 4.39 Å². The zero-order chi connectivity index (χ0) is 10.3. The molecule has 1 nitrogen and oxygen atoms in total. The Morgan fingerprint density at radius 3 is 2.86 bits per heavy atom. The van der Waals surface area contributed by atoms with E-state index in [0.29, 0.717) is 28.6 Å². The SMILES string of the molecule is Cc1ccc(Cl)c([C@@H]2C[C@H]2CN)c1F. The first-order valence-corrected chi connectivity index (χ1v) is 5.17. The predicted octanol–water partition coefficient (Wildman–Crippen LogP) is 2.85. The quantitative estimate of drug-likeness (QED) is 0.804. The molecule has 1 aromatic carbocycles. The van der Waals surface area contributed by atoms with Gasteiger partial charge in [-0.2, -0.15) is 0 Å². The highest BCUT2D eigenvalue weighted by Crippen LogP contribution is 2.50. The molecule has 1 aliphatic rings. The summed E-state index contributed by atoms with van der Waals surface area (Å²) in [6.07, 6.45) is 0.969. The van der Waals surface area contributed by atoms with E-state index in [1.165, 1.54) is 0 Å². The molecule has 1 aromatic rings. The third-order valence-corrected chi connectivity index (χ3v) is 3.25. The lowest BCUT2D eigenvalue weighted by atomic mass is 10.1. The van der Waals surface area contributed by atoms with E-state index in [-0.39, 0.29) is 11.7 Å². The van der Waals surface area contributed by atoms with Crippen molar-refractivity contribution >= 4 is 11.6 Å². The zero-order valence-electron chi connectivity index (χ0n) is 8.06. The van der Waals surface area contributed by atoms with Gasteiger partial charge in [-0.05, 0) is 43.4 Å². The van der Waals surface area contributed by atoms with Crippen molar-refractivity contribution in [1.29, 1.82) is 0 Å². The largest absolute Gasteiger partial charge is 0.330 e. The summed E-state index contributed by atoms with van der Waals surface area (Å²) in [5.74, 6) is 0.509. The fourth-order valence-corrected chi connectivity index (χ4v) is 2.17. The Labute approximate surface area is 88.1 Å². The van der Waals surface area contributed by atoms with Gasteiger partial charge in [0, 0.05) is 10.6 Å². The van der Waals surface area contributed by atoms with Crippen LogP contribution in [0.5, 0.6) is 0 Å². The minimum atomic E-state index is -0.154. The van der Waals surface area contributed by atoms with Crippen LogP contribution >= 0.6 is 11.6 Å². The Morgan fingerprint density at radius 1 is 1.57 bits per heavy atom. The van der Waals surface area contributed by atoms with Crippen LogP contribution in [0.2, 0.25) is 5.02 Å². The Balaban J connectivity index is 2.38. The van der Waals surface area contributed by atoms with E-state index >= 15 is 0 Å². The topological polar surface area (TPSA) is 26.0 Å². The van der Waals surface area contributed by atoms with Crippen molar-refractivity contribution in [2.45, 2.75) is 19.3 Å². The van der Waals surface area contributed by atoms with E-state index in [0.717, 1.165) is 6.42 Å². The molecule has 1 aliphatic carbocycles. The molecule has 0 heterocycles. The highest BCUT2D eigenvalue weighted by atomic mass is 35.5. The molecule has 76 valence electrons. The second kappa shape index (κ2) is 3.52. The lowest BCUT2D eigenvalue weighted by Gasteiger charge is -2.07. The third kappa shape index (κ3) is 1.53. The van der Waals surface area contributed by atoms with Gasteiger partial charge in [-0.15, -0.1) is 0 Å². The first-order valence-electron chi connectivity index (χ1n) is 4.79. The maximum atomic E-state index is 13.7. The van der Waals surface area contributed by atoms with Crippen molar-refractivity contribution in [1.82, 2.24) is 0 Å². The number of hydrogen-bond acceptors (Lipinski definition) is 1. The van der Waals surface area contributed by atoms with Crippen molar-refractivity contribution in [3.05, 3.63) is 34.1 Å². The molecule has 0 unspecified atom stereocenters. The van der Waals surface area contributed by atoms with Crippen LogP contribution in [0.15, 0.2) is 12.1 Å². The van der Waals surface area contributed by atoms with Crippen LogP contribution in [0.25, 0.3) is 0 Å². The standard InChI is InChI=1S/C11H13ClFN/c1-6-2-3-9(12)10(11(6)13)8-4-7(8)5-14/h2-3,7-8H,4-5,14H2,1H3/t7-,8+/m0/s1. The normalized spacial score (nSPS) is 25.1. The van der Waals surface area contributed by atoms with Crippen LogP contribution in [-0.2, 0) is 0 Å². The third-order valence-electron chi connectivity index (χ3n) is 2.92. The second-order valence-electron chi connectivity index (χ2n) is 3.93.